The smallest absolute Gasteiger partial charge is 0.158 e. The van der Waals surface area contributed by atoms with E-state index in [-0.39, 0.29) is 11.5 Å². The predicted molar refractivity (Wildman–Crippen MR) is 47.5 cm³/mol. The molecule has 2 nitrogen and oxygen atoms in total. The van der Waals surface area contributed by atoms with E-state index in [4.69, 9.17) is 0 Å². The van der Waals surface area contributed by atoms with Crippen molar-refractivity contribution < 1.29 is 8.42 Å². The van der Waals surface area contributed by atoms with E-state index in [0.29, 0.717) is 0 Å². The van der Waals surface area contributed by atoms with Gasteiger partial charge in [0.15, 0.2) is 9.84 Å². The maximum Gasteiger partial charge on any atom is 0.158 e. The van der Waals surface area contributed by atoms with Gasteiger partial charge in [0.25, 0.3) is 0 Å². The highest BCUT2D eigenvalue weighted by Gasteiger charge is 2.23. The number of fused-ring (bicyclic) bond motifs is 1. The predicted octanol–water partition coefficient (Wildman–Crippen LogP) is 1.42. The second kappa shape index (κ2) is 2.33. The van der Waals surface area contributed by atoms with E-state index >= 15 is 0 Å². The minimum atomic E-state index is -2.82. The zero-order valence-electron chi connectivity index (χ0n) is 6.87. The normalized spacial score (nSPS) is 19.1. The minimum absolute atomic E-state index is 0.225. The largest absolute Gasteiger partial charge is 0.228 e. The zero-order chi connectivity index (χ0) is 8.77. The molecule has 0 saturated carbocycles. The van der Waals surface area contributed by atoms with Crippen molar-refractivity contribution in [3.63, 3.8) is 0 Å². The van der Waals surface area contributed by atoms with Crippen LogP contribution in [0.4, 0.5) is 0 Å². The average Bonchev–Trinajstić information content (AvgIpc) is 2.21. The summed E-state index contributed by atoms with van der Waals surface area (Å²) in [6.45, 7) is 1.98. The standard InChI is InChI=1S/C9H10O2S/c1-7-2-3-8-5-12(10,11)6-9(8)4-7/h2-4H,5-6H2,1H3. The van der Waals surface area contributed by atoms with Crippen LogP contribution in [0.2, 0.25) is 0 Å². The lowest BCUT2D eigenvalue weighted by Gasteiger charge is -1.96. The van der Waals surface area contributed by atoms with Gasteiger partial charge in [-0.2, -0.15) is 0 Å². The molecule has 0 bridgehead atoms. The summed E-state index contributed by atoms with van der Waals surface area (Å²) in [4.78, 5) is 0. The quantitative estimate of drug-likeness (QED) is 0.608. The van der Waals surface area contributed by atoms with Gasteiger partial charge in [0.2, 0.25) is 0 Å². The first-order chi connectivity index (χ1) is 5.57. The van der Waals surface area contributed by atoms with Crippen LogP contribution >= 0.6 is 0 Å². The third-order valence-electron chi connectivity index (χ3n) is 2.11. The lowest BCUT2D eigenvalue weighted by molar-refractivity contribution is 0.598. The first-order valence-electron chi connectivity index (χ1n) is 3.86. The first-order valence-corrected chi connectivity index (χ1v) is 5.68. The van der Waals surface area contributed by atoms with Gasteiger partial charge < -0.3 is 0 Å². The molecule has 0 unspecified atom stereocenters. The molecule has 0 saturated heterocycles. The molecule has 0 N–H and O–H groups in total. The van der Waals surface area contributed by atoms with Crippen molar-refractivity contribution in [2.24, 2.45) is 0 Å². The third-order valence-corrected chi connectivity index (χ3v) is 3.61. The Balaban J connectivity index is 2.56. The van der Waals surface area contributed by atoms with Crippen LogP contribution in [0.25, 0.3) is 0 Å². The number of sulfone groups is 1. The molecule has 12 heavy (non-hydrogen) atoms. The van der Waals surface area contributed by atoms with Crippen LogP contribution in [-0.2, 0) is 21.3 Å². The second-order valence-electron chi connectivity index (χ2n) is 3.30. The van der Waals surface area contributed by atoms with E-state index in [1.165, 1.54) is 0 Å². The summed E-state index contributed by atoms with van der Waals surface area (Å²) in [5.74, 6) is 0.451. The van der Waals surface area contributed by atoms with Crippen molar-refractivity contribution in [3.05, 3.63) is 34.9 Å². The van der Waals surface area contributed by atoms with Crippen molar-refractivity contribution in [3.8, 4) is 0 Å². The molecule has 3 heteroatoms. The van der Waals surface area contributed by atoms with Crippen molar-refractivity contribution in [2.75, 3.05) is 0 Å². The minimum Gasteiger partial charge on any atom is -0.228 e. The fraction of sp³-hybridized carbons (Fsp3) is 0.333. The lowest BCUT2D eigenvalue weighted by atomic mass is 10.1. The van der Waals surface area contributed by atoms with Crippen LogP contribution in [0.15, 0.2) is 18.2 Å². The first kappa shape index (κ1) is 7.80. The Labute approximate surface area is 72.1 Å². The van der Waals surface area contributed by atoms with Crippen LogP contribution in [0.3, 0.4) is 0 Å². The molecule has 0 radical (unpaired) electrons. The molecule has 0 aromatic heterocycles. The summed E-state index contributed by atoms with van der Waals surface area (Å²) < 4.78 is 22.4. The molecule has 1 aromatic rings. The topological polar surface area (TPSA) is 34.1 Å². The summed E-state index contributed by atoms with van der Waals surface area (Å²) in [6, 6.07) is 5.83. The van der Waals surface area contributed by atoms with E-state index in [2.05, 4.69) is 0 Å². The van der Waals surface area contributed by atoms with Crippen molar-refractivity contribution >= 4 is 9.84 Å². The number of hydrogen-bond acceptors (Lipinski definition) is 2. The Morgan fingerprint density at radius 3 is 2.58 bits per heavy atom. The molecular weight excluding hydrogens is 172 g/mol. The van der Waals surface area contributed by atoms with Crippen LogP contribution in [0.1, 0.15) is 16.7 Å². The van der Waals surface area contributed by atoms with E-state index in [1.54, 1.807) is 0 Å². The molecule has 1 aliphatic heterocycles. The summed E-state index contributed by atoms with van der Waals surface area (Å²) in [5, 5.41) is 0. The lowest BCUT2D eigenvalue weighted by Crippen LogP contribution is -1.95. The van der Waals surface area contributed by atoms with Gasteiger partial charge in [-0.05, 0) is 18.1 Å². The second-order valence-corrected chi connectivity index (χ2v) is 5.37. The zero-order valence-corrected chi connectivity index (χ0v) is 7.69. The Morgan fingerprint density at radius 1 is 1.17 bits per heavy atom. The van der Waals surface area contributed by atoms with Crippen molar-refractivity contribution in [1.29, 1.82) is 0 Å². The van der Waals surface area contributed by atoms with Crippen molar-refractivity contribution in [1.82, 2.24) is 0 Å². The van der Waals surface area contributed by atoms with Gasteiger partial charge in [0.05, 0.1) is 11.5 Å². The highest BCUT2D eigenvalue weighted by atomic mass is 32.2. The van der Waals surface area contributed by atoms with Crippen LogP contribution in [-0.4, -0.2) is 8.42 Å². The van der Waals surface area contributed by atoms with E-state index in [1.807, 2.05) is 25.1 Å². The number of benzene rings is 1. The fourth-order valence-corrected chi connectivity index (χ4v) is 3.15. The Hall–Kier alpha value is -0.830. The SMILES string of the molecule is Cc1ccc2c(c1)CS(=O)(=O)C2. The maximum absolute atomic E-state index is 11.2. The van der Waals surface area contributed by atoms with Gasteiger partial charge in [0.1, 0.15) is 0 Å². The molecule has 0 spiro atoms. The summed E-state index contributed by atoms with van der Waals surface area (Å²) >= 11 is 0. The summed E-state index contributed by atoms with van der Waals surface area (Å²) in [7, 11) is -2.82. The fourth-order valence-electron chi connectivity index (χ4n) is 1.55. The molecule has 0 amide bonds. The highest BCUT2D eigenvalue weighted by Crippen LogP contribution is 2.25. The molecule has 0 fully saturated rings. The average molecular weight is 182 g/mol. The van der Waals surface area contributed by atoms with Gasteiger partial charge in [-0.3, -0.25) is 0 Å². The Morgan fingerprint density at radius 2 is 1.83 bits per heavy atom. The highest BCUT2D eigenvalue weighted by molar-refractivity contribution is 7.90. The van der Waals surface area contributed by atoms with E-state index in [0.717, 1.165) is 16.7 Å². The van der Waals surface area contributed by atoms with E-state index in [9.17, 15) is 8.42 Å². The van der Waals surface area contributed by atoms with Gasteiger partial charge in [-0.1, -0.05) is 23.8 Å². The molecule has 1 heterocycles. The Bertz CT molecular complexity index is 418. The van der Waals surface area contributed by atoms with Crippen molar-refractivity contribution in [2.45, 2.75) is 18.4 Å². The molecule has 2 rings (SSSR count). The maximum atomic E-state index is 11.2. The Kier molecular flexibility index (Phi) is 1.51. The summed E-state index contributed by atoms with van der Waals surface area (Å²) in [5.41, 5.74) is 3.08. The number of rotatable bonds is 0. The molecule has 64 valence electrons. The monoisotopic (exact) mass is 182 g/mol. The van der Waals surface area contributed by atoms with Gasteiger partial charge in [-0.15, -0.1) is 0 Å². The van der Waals surface area contributed by atoms with Gasteiger partial charge >= 0.3 is 0 Å². The van der Waals surface area contributed by atoms with Gasteiger partial charge in [-0.25, -0.2) is 8.42 Å². The molecule has 1 aliphatic rings. The molecule has 1 aromatic carbocycles. The van der Waals surface area contributed by atoms with E-state index < -0.39 is 9.84 Å². The van der Waals surface area contributed by atoms with Crippen LogP contribution in [0, 0.1) is 6.92 Å². The molecule has 0 atom stereocenters. The van der Waals surface area contributed by atoms with Gasteiger partial charge in [0, 0.05) is 0 Å². The van der Waals surface area contributed by atoms with Crippen LogP contribution < -0.4 is 0 Å². The molecule has 0 aliphatic carbocycles. The number of aryl methyl sites for hydroxylation is 1. The van der Waals surface area contributed by atoms with Crippen LogP contribution in [0.5, 0.6) is 0 Å². The number of hydrogen-bond donors (Lipinski definition) is 0. The third kappa shape index (κ3) is 1.25. The summed E-state index contributed by atoms with van der Waals surface area (Å²) in [6.07, 6.45) is 0. The molecular formula is C9H10O2S.